The van der Waals surface area contributed by atoms with Crippen LogP contribution < -0.4 is 5.32 Å². The third kappa shape index (κ3) is 3.86. The normalized spacial score (nSPS) is 25.3. The van der Waals surface area contributed by atoms with Crippen LogP contribution in [-0.2, 0) is 6.42 Å². The van der Waals surface area contributed by atoms with Crippen LogP contribution in [-0.4, -0.2) is 35.1 Å². The van der Waals surface area contributed by atoms with Crippen molar-refractivity contribution in [1.82, 2.24) is 5.32 Å². The van der Waals surface area contributed by atoms with Gasteiger partial charge in [0, 0.05) is 28.0 Å². The molecule has 1 fully saturated rings. The Labute approximate surface area is 121 Å². The van der Waals surface area contributed by atoms with Gasteiger partial charge in [0.25, 0.3) is 0 Å². The van der Waals surface area contributed by atoms with Crippen molar-refractivity contribution in [3.05, 3.63) is 35.4 Å². The van der Waals surface area contributed by atoms with Crippen molar-refractivity contribution in [3.8, 4) is 0 Å². The summed E-state index contributed by atoms with van der Waals surface area (Å²) in [4.78, 5) is 0. The molecule has 0 radical (unpaired) electrons. The predicted molar refractivity (Wildman–Crippen MR) is 81.1 cm³/mol. The van der Waals surface area contributed by atoms with Gasteiger partial charge in [-0.25, -0.2) is 8.78 Å². The van der Waals surface area contributed by atoms with Crippen LogP contribution in [0.4, 0.5) is 8.78 Å². The van der Waals surface area contributed by atoms with Crippen molar-refractivity contribution in [3.63, 3.8) is 0 Å². The van der Waals surface area contributed by atoms with Gasteiger partial charge in [-0.2, -0.15) is 23.5 Å². The van der Waals surface area contributed by atoms with Crippen molar-refractivity contribution in [2.75, 3.05) is 18.6 Å². The summed E-state index contributed by atoms with van der Waals surface area (Å²) in [5, 5.41) is 4.25. The lowest BCUT2D eigenvalue weighted by molar-refractivity contribution is 0.509. The molecule has 1 aliphatic rings. The number of benzene rings is 1. The largest absolute Gasteiger partial charge is 0.316 e. The first-order valence-electron chi connectivity index (χ1n) is 6.46. The third-order valence-electron chi connectivity index (χ3n) is 3.45. The number of halogens is 2. The number of rotatable bonds is 4. The second-order valence-corrected chi connectivity index (χ2v) is 7.52. The highest BCUT2D eigenvalue weighted by molar-refractivity contribution is 8.07. The van der Waals surface area contributed by atoms with E-state index in [1.807, 2.05) is 30.6 Å². The lowest BCUT2D eigenvalue weighted by Crippen LogP contribution is -2.44. The number of thioether (sulfide) groups is 2. The highest BCUT2D eigenvalue weighted by Gasteiger charge is 2.30. The molecule has 0 spiro atoms. The van der Waals surface area contributed by atoms with Crippen LogP contribution in [0.25, 0.3) is 0 Å². The van der Waals surface area contributed by atoms with Crippen LogP contribution in [0.3, 0.4) is 0 Å². The number of hydrogen-bond donors (Lipinski definition) is 1. The van der Waals surface area contributed by atoms with E-state index in [2.05, 4.69) is 12.2 Å². The van der Waals surface area contributed by atoms with Crippen molar-refractivity contribution in [1.29, 1.82) is 0 Å². The minimum Gasteiger partial charge on any atom is -0.316 e. The molecule has 0 amide bonds. The van der Waals surface area contributed by atoms with E-state index in [9.17, 15) is 8.78 Å². The Morgan fingerprint density at radius 1 is 1.32 bits per heavy atom. The van der Waals surface area contributed by atoms with E-state index in [0.29, 0.717) is 22.5 Å². The van der Waals surface area contributed by atoms with Crippen LogP contribution in [0.15, 0.2) is 18.2 Å². The second-order valence-electron chi connectivity index (χ2n) is 4.75. The van der Waals surface area contributed by atoms with Gasteiger partial charge in [-0.05, 0) is 37.2 Å². The van der Waals surface area contributed by atoms with Crippen LogP contribution in [0.1, 0.15) is 12.5 Å². The predicted octanol–water partition coefficient (Wildman–Crippen LogP) is 3.33. The van der Waals surface area contributed by atoms with Crippen LogP contribution in [0.2, 0.25) is 0 Å². The summed E-state index contributed by atoms with van der Waals surface area (Å²) in [7, 11) is 1.90. The topological polar surface area (TPSA) is 12.0 Å². The maximum absolute atomic E-state index is 13.7. The summed E-state index contributed by atoms with van der Waals surface area (Å²) < 4.78 is 26.9. The van der Waals surface area contributed by atoms with Crippen molar-refractivity contribution in [2.45, 2.75) is 29.9 Å². The molecule has 5 heteroatoms. The maximum atomic E-state index is 13.7. The van der Waals surface area contributed by atoms with E-state index in [4.69, 9.17) is 0 Å². The van der Waals surface area contributed by atoms with Gasteiger partial charge in [0.15, 0.2) is 0 Å². The summed E-state index contributed by atoms with van der Waals surface area (Å²) in [6.07, 6.45) is 0.530. The van der Waals surface area contributed by atoms with Gasteiger partial charge in [0.05, 0.1) is 0 Å². The molecule has 1 aromatic rings. The maximum Gasteiger partial charge on any atom is 0.126 e. The molecule has 1 aromatic carbocycles. The van der Waals surface area contributed by atoms with Gasteiger partial charge in [-0.15, -0.1) is 0 Å². The van der Waals surface area contributed by atoms with E-state index in [0.717, 1.165) is 5.75 Å². The van der Waals surface area contributed by atoms with E-state index >= 15 is 0 Å². The Hall–Kier alpha value is -0.260. The fourth-order valence-electron chi connectivity index (χ4n) is 2.41. The summed E-state index contributed by atoms with van der Waals surface area (Å²) in [5.74, 6) is 1.61. The van der Waals surface area contributed by atoms with Gasteiger partial charge in [0.2, 0.25) is 0 Å². The molecule has 19 heavy (non-hydrogen) atoms. The molecule has 0 bridgehead atoms. The van der Waals surface area contributed by atoms with Gasteiger partial charge >= 0.3 is 0 Å². The SMILES string of the molecule is CNC(Cc1cc(F)ccc1F)C1SCCSC1C. The highest BCUT2D eigenvalue weighted by Crippen LogP contribution is 2.34. The first kappa shape index (κ1) is 15.1. The lowest BCUT2D eigenvalue weighted by atomic mass is 10.0. The molecule has 1 aliphatic heterocycles. The monoisotopic (exact) mass is 303 g/mol. The third-order valence-corrected chi connectivity index (χ3v) is 6.70. The minimum absolute atomic E-state index is 0.170. The van der Waals surface area contributed by atoms with E-state index in [1.165, 1.54) is 24.0 Å². The molecular formula is C14H19F2NS2. The molecule has 3 atom stereocenters. The van der Waals surface area contributed by atoms with Crippen molar-refractivity contribution >= 4 is 23.5 Å². The number of likely N-dealkylation sites (N-methyl/N-ethyl adjacent to an activating group) is 1. The molecule has 2 rings (SSSR count). The summed E-state index contributed by atoms with van der Waals surface area (Å²) in [6.45, 7) is 2.22. The molecular weight excluding hydrogens is 284 g/mol. The van der Waals surface area contributed by atoms with Gasteiger partial charge < -0.3 is 5.32 Å². The standard InChI is InChI=1S/C14H19F2NS2/c1-9-14(19-6-5-18-9)13(17-2)8-10-7-11(15)3-4-12(10)16/h3-4,7,9,13-14,17H,5-6,8H2,1-2H3. The second kappa shape index (κ2) is 6.95. The van der Waals surface area contributed by atoms with Crippen LogP contribution >= 0.6 is 23.5 Å². The van der Waals surface area contributed by atoms with Gasteiger partial charge in [-0.1, -0.05) is 6.92 Å². The molecule has 0 aromatic heterocycles. The molecule has 1 nitrogen and oxygen atoms in total. The molecule has 0 saturated carbocycles. The Kier molecular flexibility index (Phi) is 5.54. The van der Waals surface area contributed by atoms with Crippen LogP contribution in [0.5, 0.6) is 0 Å². The Morgan fingerprint density at radius 2 is 2.05 bits per heavy atom. The van der Waals surface area contributed by atoms with Gasteiger partial charge in [-0.3, -0.25) is 0 Å². The highest BCUT2D eigenvalue weighted by atomic mass is 32.2. The first-order chi connectivity index (χ1) is 9.11. The first-order valence-corrected chi connectivity index (χ1v) is 8.56. The zero-order valence-electron chi connectivity index (χ0n) is 11.2. The molecule has 1 heterocycles. The molecule has 3 unspecified atom stereocenters. The van der Waals surface area contributed by atoms with Crippen LogP contribution in [0, 0.1) is 11.6 Å². The average molecular weight is 303 g/mol. The molecule has 0 aliphatic carbocycles. The summed E-state index contributed by atoms with van der Waals surface area (Å²) in [6, 6.07) is 3.86. The molecule has 1 N–H and O–H groups in total. The lowest BCUT2D eigenvalue weighted by Gasteiger charge is -2.34. The number of nitrogens with one attached hydrogen (secondary N) is 1. The van der Waals surface area contributed by atoms with Crippen molar-refractivity contribution in [2.24, 2.45) is 0 Å². The zero-order valence-corrected chi connectivity index (χ0v) is 12.8. The zero-order chi connectivity index (χ0) is 13.8. The molecule has 1 saturated heterocycles. The minimum atomic E-state index is -0.370. The van der Waals surface area contributed by atoms with E-state index < -0.39 is 0 Å². The van der Waals surface area contributed by atoms with Gasteiger partial charge in [0.1, 0.15) is 11.6 Å². The fourth-order valence-corrected chi connectivity index (χ4v) is 5.41. The van der Waals surface area contributed by atoms with Crippen molar-refractivity contribution < 1.29 is 8.78 Å². The quantitative estimate of drug-likeness (QED) is 0.916. The molecule has 106 valence electrons. The fraction of sp³-hybridized carbons (Fsp3) is 0.571. The Morgan fingerprint density at radius 3 is 2.74 bits per heavy atom. The smallest absolute Gasteiger partial charge is 0.126 e. The Bertz CT molecular complexity index is 428. The summed E-state index contributed by atoms with van der Waals surface area (Å²) in [5.41, 5.74) is 0.461. The Balaban J connectivity index is 2.11. The van der Waals surface area contributed by atoms with E-state index in [-0.39, 0.29) is 17.7 Å². The average Bonchev–Trinajstić information content (AvgIpc) is 2.41. The van der Waals surface area contributed by atoms with E-state index in [1.54, 1.807) is 0 Å². The number of hydrogen-bond acceptors (Lipinski definition) is 3. The summed E-state index contributed by atoms with van der Waals surface area (Å²) >= 11 is 3.89.